The van der Waals surface area contributed by atoms with Gasteiger partial charge < -0.3 is 10.1 Å². The highest BCUT2D eigenvalue weighted by atomic mass is 19.1. The molecule has 3 rings (SSSR count). The Bertz CT molecular complexity index is 633. The van der Waals surface area contributed by atoms with Gasteiger partial charge in [-0.15, -0.1) is 0 Å². The van der Waals surface area contributed by atoms with Crippen LogP contribution in [0.2, 0.25) is 0 Å². The molecule has 0 saturated carbocycles. The number of fused-ring (bicyclic) bond motifs is 1. The first-order chi connectivity index (χ1) is 10.2. The Kier molecular flexibility index (Phi) is 3.82. The van der Waals surface area contributed by atoms with Crippen LogP contribution >= 0.6 is 0 Å². The van der Waals surface area contributed by atoms with E-state index in [9.17, 15) is 4.39 Å². The maximum absolute atomic E-state index is 14.0. The molecule has 0 amide bonds. The van der Waals surface area contributed by atoms with E-state index < -0.39 is 0 Å². The fourth-order valence-corrected chi connectivity index (χ4v) is 2.83. The van der Waals surface area contributed by atoms with Gasteiger partial charge in [0, 0.05) is 6.42 Å². The number of para-hydroxylation sites is 1. The van der Waals surface area contributed by atoms with E-state index in [1.54, 1.807) is 6.07 Å². The third-order valence-electron chi connectivity index (χ3n) is 4.06. The van der Waals surface area contributed by atoms with Crippen LogP contribution in [0.25, 0.3) is 0 Å². The standard InChI is InChI=1S/C18H20FNO/c1-3-16(20-18-12(2)5-4-6-15(18)19)13-7-8-17-14(11-13)9-10-21-17/h4-8,11,16,20H,3,9-10H2,1-2H3. The summed E-state index contributed by atoms with van der Waals surface area (Å²) in [5.74, 6) is 0.786. The zero-order valence-electron chi connectivity index (χ0n) is 12.4. The summed E-state index contributed by atoms with van der Waals surface area (Å²) in [5, 5.41) is 3.36. The summed E-state index contributed by atoms with van der Waals surface area (Å²) in [6.45, 7) is 4.79. The lowest BCUT2D eigenvalue weighted by Crippen LogP contribution is -2.12. The lowest BCUT2D eigenvalue weighted by molar-refractivity contribution is 0.357. The summed E-state index contributed by atoms with van der Waals surface area (Å²) in [5.41, 5.74) is 3.96. The number of rotatable bonds is 4. The first kappa shape index (κ1) is 13.9. The van der Waals surface area contributed by atoms with E-state index in [4.69, 9.17) is 4.74 Å². The van der Waals surface area contributed by atoms with E-state index in [1.165, 1.54) is 17.2 Å². The highest BCUT2D eigenvalue weighted by Gasteiger charge is 2.17. The molecule has 21 heavy (non-hydrogen) atoms. The SMILES string of the molecule is CCC(Nc1c(C)cccc1F)c1ccc2c(c1)CCO2. The lowest BCUT2D eigenvalue weighted by atomic mass is 10.00. The van der Waals surface area contributed by atoms with Crippen molar-refractivity contribution in [1.29, 1.82) is 0 Å². The van der Waals surface area contributed by atoms with Crippen molar-refractivity contribution in [3.63, 3.8) is 0 Å². The molecule has 1 atom stereocenters. The smallest absolute Gasteiger partial charge is 0.146 e. The average molecular weight is 285 g/mol. The van der Waals surface area contributed by atoms with Crippen LogP contribution in [0.15, 0.2) is 36.4 Å². The predicted molar refractivity (Wildman–Crippen MR) is 83.4 cm³/mol. The second kappa shape index (κ2) is 5.76. The Morgan fingerprint density at radius 2 is 2.14 bits per heavy atom. The molecule has 110 valence electrons. The molecule has 2 nitrogen and oxygen atoms in total. The number of anilines is 1. The Balaban J connectivity index is 1.89. The normalized spacial score (nSPS) is 14.4. The number of aryl methyl sites for hydroxylation is 1. The number of hydrogen-bond acceptors (Lipinski definition) is 2. The number of nitrogens with one attached hydrogen (secondary N) is 1. The molecule has 3 heteroatoms. The van der Waals surface area contributed by atoms with Crippen LogP contribution in [0.1, 0.15) is 36.1 Å². The number of benzene rings is 2. The van der Waals surface area contributed by atoms with Gasteiger partial charge >= 0.3 is 0 Å². The van der Waals surface area contributed by atoms with Crippen molar-refractivity contribution in [2.45, 2.75) is 32.7 Å². The van der Waals surface area contributed by atoms with Crippen molar-refractivity contribution in [2.24, 2.45) is 0 Å². The summed E-state index contributed by atoms with van der Waals surface area (Å²) in [6.07, 6.45) is 1.85. The largest absolute Gasteiger partial charge is 0.493 e. The fourth-order valence-electron chi connectivity index (χ4n) is 2.83. The zero-order valence-corrected chi connectivity index (χ0v) is 12.4. The van der Waals surface area contributed by atoms with Crippen LogP contribution in [-0.2, 0) is 6.42 Å². The van der Waals surface area contributed by atoms with Crippen LogP contribution in [0.5, 0.6) is 5.75 Å². The van der Waals surface area contributed by atoms with Crippen LogP contribution < -0.4 is 10.1 Å². The molecule has 1 aliphatic rings. The van der Waals surface area contributed by atoms with E-state index in [-0.39, 0.29) is 11.9 Å². The quantitative estimate of drug-likeness (QED) is 0.884. The molecule has 2 aromatic rings. The van der Waals surface area contributed by atoms with Gasteiger partial charge in [0.05, 0.1) is 18.3 Å². The molecule has 0 spiro atoms. The topological polar surface area (TPSA) is 21.3 Å². The molecule has 1 N–H and O–H groups in total. The van der Waals surface area contributed by atoms with Gasteiger partial charge in [-0.1, -0.05) is 25.1 Å². The van der Waals surface area contributed by atoms with Gasteiger partial charge in [-0.2, -0.15) is 0 Å². The van der Waals surface area contributed by atoms with Gasteiger partial charge in [0.1, 0.15) is 11.6 Å². The molecule has 0 radical (unpaired) electrons. The molecule has 0 aromatic heterocycles. The van der Waals surface area contributed by atoms with Crippen LogP contribution in [-0.4, -0.2) is 6.61 Å². The summed E-state index contributed by atoms with van der Waals surface area (Å²) >= 11 is 0. The highest BCUT2D eigenvalue weighted by Crippen LogP contribution is 2.32. The van der Waals surface area contributed by atoms with Crippen LogP contribution in [0.4, 0.5) is 10.1 Å². The number of ether oxygens (including phenoxy) is 1. The van der Waals surface area contributed by atoms with E-state index in [2.05, 4.69) is 24.4 Å². The molecule has 0 bridgehead atoms. The fraction of sp³-hybridized carbons (Fsp3) is 0.333. The van der Waals surface area contributed by atoms with E-state index in [0.29, 0.717) is 5.69 Å². The Labute approximate surface area is 125 Å². The molecule has 0 aliphatic carbocycles. The Morgan fingerprint density at radius 3 is 2.90 bits per heavy atom. The van der Waals surface area contributed by atoms with Gasteiger partial charge in [-0.05, 0) is 48.2 Å². The van der Waals surface area contributed by atoms with E-state index >= 15 is 0 Å². The minimum Gasteiger partial charge on any atom is -0.493 e. The van der Waals surface area contributed by atoms with Crippen molar-refractivity contribution in [1.82, 2.24) is 0 Å². The average Bonchev–Trinajstić information content (AvgIpc) is 2.94. The van der Waals surface area contributed by atoms with Crippen molar-refractivity contribution in [3.8, 4) is 5.75 Å². The Hall–Kier alpha value is -2.03. The minimum absolute atomic E-state index is 0.103. The van der Waals surface area contributed by atoms with E-state index in [0.717, 1.165) is 30.8 Å². The van der Waals surface area contributed by atoms with Gasteiger partial charge in [0.25, 0.3) is 0 Å². The molecule has 2 aromatic carbocycles. The number of halogens is 1. The maximum atomic E-state index is 14.0. The molecule has 1 heterocycles. The maximum Gasteiger partial charge on any atom is 0.146 e. The molecule has 1 aliphatic heterocycles. The van der Waals surface area contributed by atoms with Gasteiger partial charge in [-0.3, -0.25) is 0 Å². The second-order valence-electron chi connectivity index (χ2n) is 5.50. The third kappa shape index (κ3) is 2.73. The third-order valence-corrected chi connectivity index (χ3v) is 4.06. The first-order valence-electron chi connectivity index (χ1n) is 7.46. The lowest BCUT2D eigenvalue weighted by Gasteiger charge is -2.21. The molecular weight excluding hydrogens is 265 g/mol. The van der Waals surface area contributed by atoms with Gasteiger partial charge in [-0.25, -0.2) is 4.39 Å². The zero-order chi connectivity index (χ0) is 14.8. The van der Waals surface area contributed by atoms with Crippen molar-refractivity contribution in [3.05, 3.63) is 58.9 Å². The molecule has 0 fully saturated rings. The highest BCUT2D eigenvalue weighted by molar-refractivity contribution is 5.54. The summed E-state index contributed by atoms with van der Waals surface area (Å²) in [6, 6.07) is 11.5. The summed E-state index contributed by atoms with van der Waals surface area (Å²) in [4.78, 5) is 0. The molecule has 0 saturated heterocycles. The second-order valence-corrected chi connectivity index (χ2v) is 5.50. The van der Waals surface area contributed by atoms with Gasteiger partial charge in [0.2, 0.25) is 0 Å². The predicted octanol–water partition coefficient (Wildman–Crippen LogP) is 4.63. The van der Waals surface area contributed by atoms with Crippen molar-refractivity contribution in [2.75, 3.05) is 11.9 Å². The monoisotopic (exact) mass is 285 g/mol. The molecular formula is C18H20FNO. The van der Waals surface area contributed by atoms with Crippen LogP contribution in [0.3, 0.4) is 0 Å². The summed E-state index contributed by atoms with van der Waals surface area (Å²) < 4.78 is 19.5. The Morgan fingerprint density at radius 1 is 1.29 bits per heavy atom. The first-order valence-corrected chi connectivity index (χ1v) is 7.46. The minimum atomic E-state index is -0.196. The summed E-state index contributed by atoms with van der Waals surface area (Å²) in [7, 11) is 0. The van der Waals surface area contributed by atoms with Gasteiger partial charge in [0.15, 0.2) is 0 Å². The van der Waals surface area contributed by atoms with Crippen molar-refractivity contribution >= 4 is 5.69 Å². The number of hydrogen-bond donors (Lipinski definition) is 1. The van der Waals surface area contributed by atoms with Crippen molar-refractivity contribution < 1.29 is 9.13 Å². The molecule has 1 unspecified atom stereocenters. The van der Waals surface area contributed by atoms with E-state index in [1.807, 2.05) is 19.1 Å². The van der Waals surface area contributed by atoms with Crippen LogP contribution in [0, 0.1) is 12.7 Å².